The van der Waals surface area contributed by atoms with Crippen LogP contribution in [0.3, 0.4) is 0 Å². The van der Waals surface area contributed by atoms with Crippen LogP contribution in [-0.2, 0) is 16.0 Å². The molecule has 0 unspecified atom stereocenters. The molecule has 2 amide bonds. The number of alkyl halides is 3. The van der Waals surface area contributed by atoms with E-state index >= 15 is 0 Å². The number of halogens is 5. The maximum atomic E-state index is 13.9. The molecular formula is C26H15Cl2F3N2O3. The summed E-state index contributed by atoms with van der Waals surface area (Å²) in [7, 11) is 0. The van der Waals surface area contributed by atoms with E-state index in [0.717, 1.165) is 4.90 Å². The summed E-state index contributed by atoms with van der Waals surface area (Å²) in [6, 6.07) is 18.3. The Labute approximate surface area is 213 Å². The van der Waals surface area contributed by atoms with Gasteiger partial charge in [-0.05, 0) is 60.0 Å². The van der Waals surface area contributed by atoms with Crippen LogP contribution in [0, 0.1) is 22.7 Å². The molecule has 1 saturated heterocycles. The molecule has 1 aliphatic heterocycles. The first-order chi connectivity index (χ1) is 17.0. The molecular weight excluding hydrogens is 516 g/mol. The second-order valence-electron chi connectivity index (χ2n) is 8.71. The average molecular weight is 531 g/mol. The molecule has 3 aromatic rings. The van der Waals surface area contributed by atoms with E-state index in [1.807, 2.05) is 6.07 Å². The summed E-state index contributed by atoms with van der Waals surface area (Å²) in [6.45, 7) is 0. The van der Waals surface area contributed by atoms with E-state index in [9.17, 15) is 22.8 Å². The maximum absolute atomic E-state index is 13.9. The van der Waals surface area contributed by atoms with Crippen LogP contribution < -0.4 is 9.64 Å². The Morgan fingerprint density at radius 1 is 0.972 bits per heavy atom. The number of piperidine rings is 1. The minimum Gasteiger partial charge on any atom is -0.406 e. The van der Waals surface area contributed by atoms with Crippen LogP contribution in [0.2, 0.25) is 10.0 Å². The number of hydrogen-bond donors (Lipinski definition) is 0. The smallest absolute Gasteiger partial charge is 0.406 e. The molecule has 0 spiro atoms. The number of ether oxygens (including phenoxy) is 1. The molecule has 1 saturated carbocycles. The summed E-state index contributed by atoms with van der Waals surface area (Å²) < 4.78 is 42.3. The Morgan fingerprint density at radius 3 is 2.25 bits per heavy atom. The fraction of sp³-hybridized carbons (Fsp3) is 0.192. The molecule has 2 aliphatic rings. The number of benzene rings is 3. The van der Waals surface area contributed by atoms with Gasteiger partial charge in [-0.1, -0.05) is 47.5 Å². The largest absolute Gasteiger partial charge is 0.573 e. The normalized spacial score (nSPS) is 22.8. The third-order valence-electron chi connectivity index (χ3n) is 6.55. The lowest BCUT2D eigenvalue weighted by atomic mass is 9.90. The molecule has 0 bridgehead atoms. The van der Waals surface area contributed by atoms with Crippen LogP contribution in [0.1, 0.15) is 22.6 Å². The first-order valence-corrected chi connectivity index (χ1v) is 11.5. The Bertz CT molecular complexity index is 1420. The lowest BCUT2D eigenvalue weighted by Gasteiger charge is -2.23. The van der Waals surface area contributed by atoms with Crippen LogP contribution in [0.5, 0.6) is 5.75 Å². The zero-order valence-corrected chi connectivity index (χ0v) is 19.7. The molecule has 3 atom stereocenters. The molecule has 5 rings (SSSR count). The standard InChI is InChI=1S/C26H15Cl2F3N2O3/c27-17-9-18(28)11-19(10-17)33-23(34)22-21(16-6-4-14(13-32)5-7-16)25(22,24(33)35)12-15-2-1-3-20(8-15)36-26(29,30)31/h1-11,21-22H,12H2/t21-,22-,25-/m0/s1. The van der Waals surface area contributed by atoms with Crippen molar-refractivity contribution < 1.29 is 27.5 Å². The van der Waals surface area contributed by atoms with Gasteiger partial charge in [-0.25, -0.2) is 4.90 Å². The van der Waals surface area contributed by atoms with Crippen molar-refractivity contribution in [1.29, 1.82) is 5.26 Å². The fourth-order valence-electron chi connectivity index (χ4n) is 5.17. The van der Waals surface area contributed by atoms with Crippen molar-refractivity contribution in [3.8, 4) is 11.8 Å². The van der Waals surface area contributed by atoms with Gasteiger partial charge in [-0.15, -0.1) is 13.2 Å². The zero-order valence-electron chi connectivity index (χ0n) is 18.2. The summed E-state index contributed by atoms with van der Waals surface area (Å²) in [5, 5.41) is 9.60. The lowest BCUT2D eigenvalue weighted by molar-refractivity contribution is -0.274. The number of rotatable bonds is 5. The van der Waals surface area contributed by atoms with Crippen molar-refractivity contribution in [1.82, 2.24) is 0 Å². The van der Waals surface area contributed by atoms with Gasteiger partial charge >= 0.3 is 6.36 Å². The van der Waals surface area contributed by atoms with Gasteiger partial charge in [0.2, 0.25) is 11.8 Å². The highest BCUT2D eigenvalue weighted by atomic mass is 35.5. The van der Waals surface area contributed by atoms with Gasteiger partial charge in [0.05, 0.1) is 28.7 Å². The summed E-state index contributed by atoms with van der Waals surface area (Å²) in [4.78, 5) is 28.5. The van der Waals surface area contributed by atoms with E-state index < -0.39 is 41.2 Å². The van der Waals surface area contributed by atoms with Gasteiger partial charge in [-0.2, -0.15) is 5.26 Å². The van der Waals surface area contributed by atoms with Gasteiger partial charge in [0.15, 0.2) is 0 Å². The number of carbonyl (C=O) groups is 2. The predicted molar refractivity (Wildman–Crippen MR) is 126 cm³/mol. The van der Waals surface area contributed by atoms with E-state index in [2.05, 4.69) is 4.74 Å². The molecule has 0 aromatic heterocycles. The van der Waals surface area contributed by atoms with Crippen molar-refractivity contribution in [3.05, 3.63) is 93.5 Å². The molecule has 0 radical (unpaired) electrons. The second kappa shape index (κ2) is 8.54. The van der Waals surface area contributed by atoms with Crippen LogP contribution >= 0.6 is 23.2 Å². The number of nitrogens with zero attached hydrogens (tertiary/aromatic N) is 2. The number of hydrogen-bond acceptors (Lipinski definition) is 4. The molecule has 1 aliphatic carbocycles. The second-order valence-corrected chi connectivity index (χ2v) is 9.58. The third kappa shape index (κ3) is 4.08. The maximum Gasteiger partial charge on any atom is 0.573 e. The predicted octanol–water partition coefficient (Wildman–Crippen LogP) is 6.28. The fourth-order valence-corrected chi connectivity index (χ4v) is 5.68. The third-order valence-corrected chi connectivity index (χ3v) is 6.99. The molecule has 182 valence electrons. The van der Waals surface area contributed by atoms with Gasteiger partial charge in [-0.3, -0.25) is 9.59 Å². The quantitative estimate of drug-likeness (QED) is 0.364. The molecule has 5 nitrogen and oxygen atoms in total. The highest BCUT2D eigenvalue weighted by Gasteiger charge is 2.79. The Hall–Kier alpha value is -3.54. The van der Waals surface area contributed by atoms with E-state index in [1.54, 1.807) is 30.3 Å². The van der Waals surface area contributed by atoms with Crippen LogP contribution in [0.4, 0.5) is 18.9 Å². The van der Waals surface area contributed by atoms with E-state index in [4.69, 9.17) is 28.5 Å². The van der Waals surface area contributed by atoms with E-state index in [0.29, 0.717) is 16.7 Å². The SMILES string of the molecule is N#Cc1ccc([C@H]2[C@H]3C(=O)N(c4cc(Cl)cc(Cl)c4)C(=O)[C@]32Cc2cccc(OC(F)(F)F)c2)cc1. The van der Waals surface area contributed by atoms with Crippen molar-refractivity contribution in [2.24, 2.45) is 11.3 Å². The first kappa shape index (κ1) is 24.2. The van der Waals surface area contributed by atoms with Crippen molar-refractivity contribution in [2.45, 2.75) is 18.7 Å². The molecule has 3 aromatic carbocycles. The highest BCUT2D eigenvalue weighted by Crippen LogP contribution is 2.71. The summed E-state index contributed by atoms with van der Waals surface area (Å²) >= 11 is 12.2. The summed E-state index contributed by atoms with van der Waals surface area (Å²) in [6.07, 6.45) is -4.86. The minimum atomic E-state index is -4.87. The number of fused-ring (bicyclic) bond motifs is 1. The summed E-state index contributed by atoms with van der Waals surface area (Å²) in [5.74, 6) is -2.62. The molecule has 1 heterocycles. The number of carbonyl (C=O) groups excluding carboxylic acids is 2. The minimum absolute atomic E-state index is 0.00671. The molecule has 2 fully saturated rings. The monoisotopic (exact) mass is 530 g/mol. The number of anilines is 1. The number of amides is 2. The lowest BCUT2D eigenvalue weighted by Crippen LogP contribution is -2.37. The Morgan fingerprint density at radius 2 is 1.64 bits per heavy atom. The zero-order chi connectivity index (χ0) is 25.8. The summed E-state index contributed by atoms with van der Waals surface area (Å²) in [5.41, 5.74) is 0.513. The Kier molecular flexibility index (Phi) is 5.73. The van der Waals surface area contributed by atoms with E-state index in [1.165, 1.54) is 36.4 Å². The molecule has 0 N–H and O–H groups in total. The molecule has 36 heavy (non-hydrogen) atoms. The molecule has 10 heteroatoms. The van der Waals surface area contributed by atoms with Crippen LogP contribution in [0.25, 0.3) is 0 Å². The Balaban J connectivity index is 1.55. The van der Waals surface area contributed by atoms with Crippen molar-refractivity contribution >= 4 is 40.7 Å². The van der Waals surface area contributed by atoms with Crippen LogP contribution in [-0.4, -0.2) is 18.2 Å². The first-order valence-electron chi connectivity index (χ1n) is 10.7. The highest BCUT2D eigenvalue weighted by molar-refractivity contribution is 6.36. The van der Waals surface area contributed by atoms with Gasteiger partial charge in [0, 0.05) is 16.0 Å². The van der Waals surface area contributed by atoms with Crippen LogP contribution in [0.15, 0.2) is 66.7 Å². The average Bonchev–Trinajstić information content (AvgIpc) is 3.40. The van der Waals surface area contributed by atoms with Crippen molar-refractivity contribution in [2.75, 3.05) is 4.90 Å². The van der Waals surface area contributed by atoms with Gasteiger partial charge < -0.3 is 4.74 Å². The van der Waals surface area contributed by atoms with E-state index in [-0.39, 0.29) is 22.2 Å². The van der Waals surface area contributed by atoms with Gasteiger partial charge in [0.25, 0.3) is 0 Å². The number of nitriles is 1. The van der Waals surface area contributed by atoms with Crippen molar-refractivity contribution in [3.63, 3.8) is 0 Å². The van der Waals surface area contributed by atoms with Gasteiger partial charge in [0.1, 0.15) is 5.75 Å². The number of imide groups is 1. The topological polar surface area (TPSA) is 70.4 Å².